The van der Waals surface area contributed by atoms with Gasteiger partial charge < -0.3 is 9.92 Å². The van der Waals surface area contributed by atoms with E-state index in [1.54, 1.807) is 11.8 Å². The van der Waals surface area contributed by atoms with E-state index in [0.29, 0.717) is 5.88 Å². The molecule has 5 heteroatoms. The first-order chi connectivity index (χ1) is 4.95. The first-order valence-electron chi connectivity index (χ1n) is 3.33. The van der Waals surface area contributed by atoms with Gasteiger partial charge in [-0.3, -0.25) is 4.79 Å². The third-order valence-corrected chi connectivity index (χ3v) is 3.20. The zero-order valence-corrected chi connectivity index (χ0v) is 7.39. The zero-order valence-electron chi connectivity index (χ0n) is 6.57. The lowest BCUT2D eigenvalue weighted by atomic mass is 10.00. The van der Waals surface area contributed by atoms with Crippen LogP contribution in [0.15, 0.2) is 0 Å². The van der Waals surface area contributed by atoms with Crippen LogP contribution in [0.5, 0.6) is 0 Å². The average molecular weight is 171 g/mol. The van der Waals surface area contributed by atoms with Crippen molar-refractivity contribution in [3.05, 3.63) is 0 Å². The fourth-order valence-corrected chi connectivity index (χ4v) is 2.26. The minimum Gasteiger partial charge on any atom is -0.480 e. The van der Waals surface area contributed by atoms with E-state index in [4.69, 9.17) is 13.1 Å². The molecule has 1 saturated heterocycles. The summed E-state index contributed by atoms with van der Waals surface area (Å²) in [5, 5.41) is 8.78. The van der Waals surface area contributed by atoms with Gasteiger partial charge in [0.2, 0.25) is 0 Å². The third-order valence-electron chi connectivity index (χ3n) is 1.81. The van der Waals surface area contributed by atoms with Gasteiger partial charge in [0.1, 0.15) is 6.04 Å². The highest BCUT2D eigenvalue weighted by Crippen LogP contribution is 2.37. The Labute approximate surface area is 71.6 Å². The Morgan fingerprint density at radius 1 is 1.82 bits per heavy atom. The lowest BCUT2D eigenvalue weighted by Gasteiger charge is -2.25. The summed E-state index contributed by atoms with van der Waals surface area (Å²) < 4.78 is -0.277. The van der Waals surface area contributed by atoms with Gasteiger partial charge in [0.25, 0.3) is 0 Å². The molecule has 1 aliphatic heterocycles. The molecule has 60 valence electrons. The molecule has 0 aromatic heterocycles. The third kappa shape index (κ3) is 1.54. The molecular formula is C6H10BNO2S. The van der Waals surface area contributed by atoms with Crippen LogP contribution in [-0.2, 0) is 4.79 Å². The van der Waals surface area contributed by atoms with Crippen LogP contribution in [0.1, 0.15) is 13.8 Å². The maximum Gasteiger partial charge on any atom is 0.321 e. The number of hydrogen-bond donors (Lipinski definition) is 1. The van der Waals surface area contributed by atoms with E-state index >= 15 is 0 Å². The van der Waals surface area contributed by atoms with E-state index < -0.39 is 12.0 Å². The number of nitrogens with zero attached hydrogens (tertiary/aromatic N) is 1. The van der Waals surface area contributed by atoms with E-state index in [1.165, 1.54) is 4.81 Å². The Morgan fingerprint density at radius 3 is 2.55 bits per heavy atom. The highest BCUT2D eigenvalue weighted by atomic mass is 32.2. The molecule has 1 N–H and O–H groups in total. The monoisotopic (exact) mass is 171 g/mol. The molecule has 0 spiro atoms. The van der Waals surface area contributed by atoms with E-state index in [2.05, 4.69) is 0 Å². The lowest BCUT2D eigenvalue weighted by Crippen LogP contribution is -2.44. The predicted molar refractivity (Wildman–Crippen MR) is 45.6 cm³/mol. The molecule has 0 saturated carbocycles. The van der Waals surface area contributed by atoms with Gasteiger partial charge in [-0.25, -0.2) is 0 Å². The Balaban J connectivity index is 2.80. The number of carboxylic acids is 1. The number of rotatable bonds is 1. The predicted octanol–water partition coefficient (Wildman–Crippen LogP) is 0.308. The second-order valence-corrected chi connectivity index (χ2v) is 4.73. The van der Waals surface area contributed by atoms with Gasteiger partial charge in [0.15, 0.2) is 7.98 Å². The minimum absolute atomic E-state index is 0.277. The summed E-state index contributed by atoms with van der Waals surface area (Å²) in [5.41, 5.74) is 0. The number of carboxylic acid groups (broad SMARTS) is 1. The number of aliphatic carboxylic acids is 1. The Kier molecular flexibility index (Phi) is 2.21. The van der Waals surface area contributed by atoms with Crippen molar-refractivity contribution >= 4 is 25.7 Å². The van der Waals surface area contributed by atoms with E-state index in [-0.39, 0.29) is 4.75 Å². The van der Waals surface area contributed by atoms with Gasteiger partial charge in [-0.2, -0.15) is 0 Å². The molecular weight excluding hydrogens is 161 g/mol. The molecule has 1 rings (SSSR count). The minimum atomic E-state index is -0.845. The number of hydrogen-bond acceptors (Lipinski definition) is 3. The van der Waals surface area contributed by atoms with Gasteiger partial charge in [-0.15, -0.1) is 11.8 Å². The van der Waals surface area contributed by atoms with Crippen molar-refractivity contribution in [3.63, 3.8) is 0 Å². The Bertz CT molecular complexity index is 185. The van der Waals surface area contributed by atoms with Crippen molar-refractivity contribution in [3.8, 4) is 0 Å². The smallest absolute Gasteiger partial charge is 0.321 e. The van der Waals surface area contributed by atoms with Crippen LogP contribution in [-0.4, -0.2) is 40.5 Å². The molecule has 1 unspecified atom stereocenters. The summed E-state index contributed by atoms with van der Waals surface area (Å²) in [6.07, 6.45) is 0. The molecule has 0 bridgehead atoms. The molecule has 0 aliphatic carbocycles. The summed E-state index contributed by atoms with van der Waals surface area (Å²) in [7, 11) is 5.49. The first-order valence-corrected chi connectivity index (χ1v) is 4.32. The average Bonchev–Trinajstić information content (AvgIpc) is 2.06. The summed E-state index contributed by atoms with van der Waals surface area (Å²) in [5.74, 6) is -0.258. The van der Waals surface area contributed by atoms with Crippen LogP contribution in [0.25, 0.3) is 0 Å². The molecule has 0 amide bonds. The SMILES string of the molecule is [B]N1CSC(C)(C)C1C(=O)O. The van der Waals surface area contributed by atoms with Gasteiger partial charge in [-0.1, -0.05) is 0 Å². The number of thioether (sulfide) groups is 1. The normalized spacial score (nSPS) is 30.5. The molecule has 3 nitrogen and oxygen atoms in total. The van der Waals surface area contributed by atoms with Crippen molar-refractivity contribution < 1.29 is 9.90 Å². The summed E-state index contributed by atoms with van der Waals surface area (Å²) in [6.45, 7) is 3.78. The Hall–Kier alpha value is -0.155. The van der Waals surface area contributed by atoms with Crippen LogP contribution in [0, 0.1) is 0 Å². The molecule has 11 heavy (non-hydrogen) atoms. The van der Waals surface area contributed by atoms with Crippen LogP contribution >= 0.6 is 11.8 Å². The largest absolute Gasteiger partial charge is 0.480 e. The van der Waals surface area contributed by atoms with Crippen molar-refractivity contribution in [2.75, 3.05) is 5.88 Å². The second kappa shape index (κ2) is 2.71. The maximum absolute atomic E-state index is 10.7. The van der Waals surface area contributed by atoms with E-state index in [0.717, 1.165) is 0 Å². The molecule has 2 radical (unpaired) electrons. The molecule has 0 aromatic rings. The van der Waals surface area contributed by atoms with Crippen molar-refractivity contribution in [2.24, 2.45) is 0 Å². The zero-order chi connectivity index (χ0) is 8.65. The molecule has 1 atom stereocenters. The van der Waals surface area contributed by atoms with Crippen LogP contribution < -0.4 is 0 Å². The topological polar surface area (TPSA) is 40.5 Å². The summed E-state index contributed by atoms with van der Waals surface area (Å²) in [6, 6.07) is -0.563. The fraction of sp³-hybridized carbons (Fsp3) is 0.833. The van der Waals surface area contributed by atoms with E-state index in [1.807, 2.05) is 13.8 Å². The summed E-state index contributed by atoms with van der Waals surface area (Å²) in [4.78, 5) is 12.1. The highest BCUT2D eigenvalue weighted by Gasteiger charge is 2.43. The van der Waals surface area contributed by atoms with Gasteiger partial charge in [0, 0.05) is 10.6 Å². The highest BCUT2D eigenvalue weighted by molar-refractivity contribution is 8.00. The van der Waals surface area contributed by atoms with Gasteiger partial charge in [0.05, 0.1) is 0 Å². The van der Waals surface area contributed by atoms with Crippen molar-refractivity contribution in [1.29, 1.82) is 0 Å². The van der Waals surface area contributed by atoms with Crippen molar-refractivity contribution in [2.45, 2.75) is 24.6 Å². The van der Waals surface area contributed by atoms with E-state index in [9.17, 15) is 4.79 Å². The standard InChI is InChI=1S/C6H10BNO2S/c1-6(2)4(5(9)10)8(7)3-11-6/h4H,3H2,1-2H3,(H,9,10). The van der Waals surface area contributed by atoms with Crippen LogP contribution in [0.2, 0.25) is 0 Å². The lowest BCUT2D eigenvalue weighted by molar-refractivity contribution is -0.141. The first kappa shape index (κ1) is 8.94. The second-order valence-electron chi connectivity index (χ2n) is 3.13. The molecule has 1 fully saturated rings. The summed E-state index contributed by atoms with van der Waals surface area (Å²) >= 11 is 1.56. The van der Waals surface area contributed by atoms with Crippen molar-refractivity contribution in [1.82, 2.24) is 4.81 Å². The fourth-order valence-electron chi connectivity index (χ4n) is 1.23. The Morgan fingerprint density at radius 2 is 2.36 bits per heavy atom. The van der Waals surface area contributed by atoms with Gasteiger partial charge >= 0.3 is 5.97 Å². The molecule has 0 aromatic carbocycles. The molecule has 1 aliphatic rings. The number of carbonyl (C=O) groups is 1. The quantitative estimate of drug-likeness (QED) is 0.576. The van der Waals surface area contributed by atoms with Crippen LogP contribution in [0.3, 0.4) is 0 Å². The molecule has 1 heterocycles. The maximum atomic E-state index is 10.7. The van der Waals surface area contributed by atoms with Crippen LogP contribution in [0.4, 0.5) is 0 Å². The van der Waals surface area contributed by atoms with Gasteiger partial charge in [-0.05, 0) is 13.8 Å².